The van der Waals surface area contributed by atoms with Gasteiger partial charge in [-0.1, -0.05) is 84.4 Å². The minimum atomic E-state index is -0.753. The number of esters is 1. The van der Waals surface area contributed by atoms with Crippen molar-refractivity contribution < 1.29 is 28.7 Å². The van der Waals surface area contributed by atoms with Crippen LogP contribution in [-0.4, -0.2) is 47.6 Å². The maximum absolute atomic E-state index is 14.2. The highest BCUT2D eigenvalue weighted by Crippen LogP contribution is 2.41. The van der Waals surface area contributed by atoms with Gasteiger partial charge in [-0.2, -0.15) is 0 Å². The van der Waals surface area contributed by atoms with Gasteiger partial charge in [-0.3, -0.25) is 19.2 Å². The van der Waals surface area contributed by atoms with Gasteiger partial charge >= 0.3 is 5.97 Å². The number of thiophene rings is 1. The molecule has 0 radical (unpaired) electrons. The third-order valence-corrected chi connectivity index (χ3v) is 11.2. The molecule has 3 N–H and O–H groups in total. The molecule has 1 atom stereocenters. The van der Waals surface area contributed by atoms with Crippen LogP contribution >= 0.6 is 23.1 Å². The lowest BCUT2D eigenvalue weighted by atomic mass is 10.0. The summed E-state index contributed by atoms with van der Waals surface area (Å²) in [4.78, 5) is 69.8. The van der Waals surface area contributed by atoms with Gasteiger partial charge in [0.2, 0.25) is 11.8 Å². The zero-order valence-electron chi connectivity index (χ0n) is 30.6. The number of amides is 4. The third-order valence-electron chi connectivity index (χ3n) is 8.82. The second-order valence-electron chi connectivity index (χ2n) is 12.8. The molecule has 1 aliphatic rings. The van der Waals surface area contributed by atoms with Crippen LogP contribution in [0, 0.1) is 6.92 Å². The number of carbonyl (C=O) groups is 5. The molecule has 4 amide bonds. The van der Waals surface area contributed by atoms with E-state index in [1.54, 1.807) is 60.4 Å². The van der Waals surface area contributed by atoms with Crippen LogP contribution in [-0.2, 0) is 32.1 Å². The lowest BCUT2D eigenvalue weighted by Crippen LogP contribution is -2.34. The minimum absolute atomic E-state index is 0.0553. The second-order valence-corrected chi connectivity index (χ2v) is 15.1. The Labute approximate surface area is 328 Å². The number of aryl methyl sites for hydroxylation is 1. The zero-order valence-corrected chi connectivity index (χ0v) is 32.2. The summed E-state index contributed by atoms with van der Waals surface area (Å²) >= 11 is 2.56. The van der Waals surface area contributed by atoms with Crippen molar-refractivity contribution in [2.75, 3.05) is 23.8 Å². The number of thioether (sulfide) groups is 1. The third kappa shape index (κ3) is 9.77. The number of rotatable bonds is 12. The van der Waals surface area contributed by atoms with Gasteiger partial charge < -0.3 is 25.6 Å². The zero-order chi connectivity index (χ0) is 38.9. The predicted octanol–water partition coefficient (Wildman–Crippen LogP) is 8.02. The topological polar surface area (TPSA) is 134 Å². The van der Waals surface area contributed by atoms with E-state index in [0.29, 0.717) is 46.2 Å². The van der Waals surface area contributed by atoms with Crippen molar-refractivity contribution in [1.82, 2.24) is 10.2 Å². The van der Waals surface area contributed by atoms with Crippen molar-refractivity contribution in [3.05, 3.63) is 153 Å². The summed E-state index contributed by atoms with van der Waals surface area (Å²) in [5, 5.41) is 8.34. The van der Waals surface area contributed by atoms with Crippen molar-refractivity contribution in [3.8, 4) is 0 Å². The van der Waals surface area contributed by atoms with Crippen molar-refractivity contribution in [2.24, 2.45) is 0 Å². The van der Waals surface area contributed by atoms with Crippen molar-refractivity contribution in [2.45, 2.75) is 43.9 Å². The summed E-state index contributed by atoms with van der Waals surface area (Å²) in [6.07, 6.45) is 2.09. The van der Waals surface area contributed by atoms with Crippen LogP contribution in [0.3, 0.4) is 0 Å². The van der Waals surface area contributed by atoms with Crippen LogP contribution in [0.5, 0.6) is 0 Å². The summed E-state index contributed by atoms with van der Waals surface area (Å²) in [6.45, 7) is 6.21. The van der Waals surface area contributed by atoms with Gasteiger partial charge in [-0.15, -0.1) is 23.1 Å². The number of fused-ring (bicyclic) bond motifs is 1. The first-order valence-electron chi connectivity index (χ1n) is 17.8. The van der Waals surface area contributed by atoms with Crippen LogP contribution in [0.2, 0.25) is 0 Å². The van der Waals surface area contributed by atoms with Crippen LogP contribution in [0.4, 0.5) is 10.7 Å². The van der Waals surface area contributed by atoms with E-state index < -0.39 is 23.0 Å². The van der Waals surface area contributed by atoms with E-state index in [9.17, 15) is 24.0 Å². The SMILES string of the molecule is CCOC(=O)c1c(NC(=O)C(Sc2cccc(NC(=O)/C(=C/c3ccc(C)cc3)NC(=O)c3ccccc3)c2)c2ccccc2)sc2c1CCN(C(C)=O)C2. The Morgan fingerprint density at radius 3 is 2.29 bits per heavy atom. The fourth-order valence-electron chi connectivity index (χ4n) is 6.01. The Kier molecular flexibility index (Phi) is 12.6. The molecule has 0 saturated carbocycles. The molecular weight excluding hydrogens is 733 g/mol. The van der Waals surface area contributed by atoms with Crippen LogP contribution in [0.15, 0.2) is 120 Å². The summed E-state index contributed by atoms with van der Waals surface area (Å²) in [5.41, 5.74) is 4.56. The summed E-state index contributed by atoms with van der Waals surface area (Å²) in [7, 11) is 0. The second kappa shape index (κ2) is 17.9. The Hall–Kier alpha value is -5.98. The van der Waals surface area contributed by atoms with Gasteiger partial charge in [0.15, 0.2) is 0 Å². The fraction of sp³-hybridized carbons (Fsp3) is 0.186. The van der Waals surface area contributed by atoms with E-state index in [0.717, 1.165) is 27.1 Å². The average molecular weight is 773 g/mol. The van der Waals surface area contributed by atoms with E-state index in [1.165, 1.54) is 30.0 Å². The van der Waals surface area contributed by atoms with E-state index in [2.05, 4.69) is 16.0 Å². The number of anilines is 2. The monoisotopic (exact) mass is 772 g/mol. The average Bonchev–Trinajstić information content (AvgIpc) is 3.55. The highest BCUT2D eigenvalue weighted by atomic mass is 32.2. The van der Waals surface area contributed by atoms with E-state index in [1.807, 2.05) is 73.7 Å². The van der Waals surface area contributed by atoms with Gasteiger partial charge in [0, 0.05) is 34.5 Å². The van der Waals surface area contributed by atoms with Gasteiger partial charge in [0.25, 0.3) is 11.8 Å². The first-order valence-corrected chi connectivity index (χ1v) is 19.4. The highest BCUT2D eigenvalue weighted by molar-refractivity contribution is 8.00. The molecular formula is C43H40N4O6S2. The molecule has 1 unspecified atom stereocenters. The molecule has 5 aromatic rings. The molecule has 0 spiro atoms. The van der Waals surface area contributed by atoms with Crippen molar-refractivity contribution in [1.29, 1.82) is 0 Å². The molecule has 1 aromatic heterocycles. The van der Waals surface area contributed by atoms with Crippen molar-refractivity contribution >= 4 is 69.5 Å². The molecule has 1 aliphatic heterocycles. The molecule has 6 rings (SSSR count). The highest BCUT2D eigenvalue weighted by Gasteiger charge is 2.32. The van der Waals surface area contributed by atoms with E-state index in [-0.39, 0.29) is 24.1 Å². The Bertz CT molecular complexity index is 2240. The molecule has 10 nitrogen and oxygen atoms in total. The van der Waals surface area contributed by atoms with E-state index >= 15 is 0 Å². The Balaban J connectivity index is 1.25. The first-order chi connectivity index (χ1) is 26.6. The molecule has 0 bridgehead atoms. The summed E-state index contributed by atoms with van der Waals surface area (Å²) in [6, 6.07) is 32.6. The number of hydrogen-bond donors (Lipinski definition) is 3. The predicted molar refractivity (Wildman–Crippen MR) is 217 cm³/mol. The molecule has 0 fully saturated rings. The molecule has 12 heteroatoms. The minimum Gasteiger partial charge on any atom is -0.462 e. The maximum Gasteiger partial charge on any atom is 0.341 e. The number of benzene rings is 4. The van der Waals surface area contributed by atoms with Crippen LogP contribution < -0.4 is 16.0 Å². The molecule has 4 aromatic carbocycles. The number of ether oxygens (including phenoxy) is 1. The van der Waals surface area contributed by atoms with Gasteiger partial charge in [-0.05, 0) is 73.4 Å². The van der Waals surface area contributed by atoms with Crippen LogP contribution in [0.1, 0.15) is 66.9 Å². The standard InChI is InChI=1S/C43H40N4O6S2/c1-4-53-43(52)37-34-22-23-47(28(3)48)26-36(34)55-42(37)46-41(51)38(30-12-7-5-8-13-30)54-33-17-11-16-32(25-33)44-40(50)35(24-29-20-18-27(2)19-21-29)45-39(49)31-14-9-6-10-15-31/h5-21,24-25,38H,4,22-23,26H2,1-3H3,(H,44,50)(H,45,49)(H,46,51)/b35-24-. The Morgan fingerprint density at radius 2 is 1.60 bits per heavy atom. The lowest BCUT2D eigenvalue weighted by molar-refractivity contribution is -0.129. The quantitative estimate of drug-likeness (QED) is 0.0665. The number of hydrogen-bond acceptors (Lipinski definition) is 8. The van der Waals surface area contributed by atoms with Gasteiger partial charge in [0.05, 0.1) is 18.7 Å². The number of nitrogens with one attached hydrogen (secondary N) is 3. The summed E-state index contributed by atoms with van der Waals surface area (Å²) in [5.74, 6) is -1.89. The number of nitrogens with zero attached hydrogens (tertiary/aromatic N) is 1. The molecule has 0 saturated heterocycles. The normalized spacial score (nSPS) is 12.9. The molecule has 55 heavy (non-hydrogen) atoms. The van der Waals surface area contributed by atoms with Crippen molar-refractivity contribution in [3.63, 3.8) is 0 Å². The van der Waals surface area contributed by atoms with Gasteiger partial charge in [0.1, 0.15) is 15.9 Å². The fourth-order valence-corrected chi connectivity index (χ4v) is 8.35. The largest absolute Gasteiger partial charge is 0.462 e. The maximum atomic E-state index is 14.2. The smallest absolute Gasteiger partial charge is 0.341 e. The molecule has 0 aliphatic carbocycles. The molecule has 2 heterocycles. The summed E-state index contributed by atoms with van der Waals surface area (Å²) < 4.78 is 5.40. The van der Waals surface area contributed by atoms with E-state index in [4.69, 9.17) is 4.74 Å². The van der Waals surface area contributed by atoms with Crippen LogP contribution in [0.25, 0.3) is 6.08 Å². The first kappa shape index (κ1) is 38.7. The molecule has 280 valence electrons. The lowest BCUT2D eigenvalue weighted by Gasteiger charge is -2.25. The Morgan fingerprint density at radius 1 is 0.891 bits per heavy atom. The number of carbonyl (C=O) groups excluding carboxylic acids is 5. The van der Waals surface area contributed by atoms with Gasteiger partial charge in [-0.25, -0.2) is 4.79 Å².